The summed E-state index contributed by atoms with van der Waals surface area (Å²) in [6.45, 7) is 8.72. The summed E-state index contributed by atoms with van der Waals surface area (Å²) in [5, 5.41) is 27.3. The van der Waals surface area contributed by atoms with E-state index in [1.165, 1.54) is 11.0 Å². The fourth-order valence-corrected chi connectivity index (χ4v) is 3.73. The van der Waals surface area contributed by atoms with Crippen molar-refractivity contribution in [2.24, 2.45) is 0 Å². The highest BCUT2D eigenvalue weighted by atomic mass is 16.9. The van der Waals surface area contributed by atoms with E-state index in [0.29, 0.717) is 0 Å². The van der Waals surface area contributed by atoms with Crippen LogP contribution in [0.4, 0.5) is 0 Å². The Morgan fingerprint density at radius 1 is 0.939 bits per heavy atom. The zero-order valence-corrected chi connectivity index (χ0v) is 18.5. The maximum absolute atomic E-state index is 8.36. The van der Waals surface area contributed by atoms with Crippen molar-refractivity contribution in [2.75, 3.05) is 13.1 Å². The van der Waals surface area contributed by atoms with Gasteiger partial charge < -0.3 is 10.4 Å². The van der Waals surface area contributed by atoms with E-state index in [-0.39, 0.29) is 6.17 Å². The molecule has 0 aliphatic heterocycles. The second-order valence-corrected chi connectivity index (χ2v) is 6.85. The number of hydrogen-bond acceptors (Lipinski definition) is 6. The average Bonchev–Trinajstić information content (AvgIpc) is 3.32. The van der Waals surface area contributed by atoms with Gasteiger partial charge in [0, 0.05) is 11.8 Å². The summed E-state index contributed by atoms with van der Waals surface area (Å²) in [4.78, 5) is 24.2. The van der Waals surface area contributed by atoms with Gasteiger partial charge in [0.15, 0.2) is 0 Å². The quantitative estimate of drug-likeness (QED) is 0.334. The minimum absolute atomic E-state index is 0.253. The van der Waals surface area contributed by atoms with Gasteiger partial charge in [-0.3, -0.25) is 13.9 Å². The molecule has 1 atom stereocenters. The Morgan fingerprint density at radius 3 is 1.94 bits per heavy atom. The smallest absolute Gasteiger partial charge is 0.291 e. The summed E-state index contributed by atoms with van der Waals surface area (Å²) in [5.74, 6) is 0.999. The lowest BCUT2D eigenvalue weighted by Gasteiger charge is -2.28. The third-order valence-corrected chi connectivity index (χ3v) is 5.09. The highest BCUT2D eigenvalue weighted by Crippen LogP contribution is 2.29. The van der Waals surface area contributed by atoms with E-state index < -0.39 is 10.2 Å². The molecule has 0 bridgehead atoms. The second kappa shape index (κ2) is 11.4. The van der Waals surface area contributed by atoms with Crippen LogP contribution in [0.25, 0.3) is 28.1 Å². The van der Waals surface area contributed by atoms with Gasteiger partial charge in [0.2, 0.25) is 5.78 Å². The Balaban J connectivity index is 0.000000420. The van der Waals surface area contributed by atoms with Gasteiger partial charge in [-0.25, -0.2) is 4.98 Å². The van der Waals surface area contributed by atoms with Crippen LogP contribution in [0.1, 0.15) is 26.9 Å². The minimum atomic E-state index is -1.50. The summed E-state index contributed by atoms with van der Waals surface area (Å²) in [7, 11) is 0. The standard InChI is InChI=1S/C21H24N4.2HNO3/c1-4-23(5-2)16(3)25-20-14-10-9-13-19(20)24-15-18(22-21(24)25)17-11-7-6-8-12-17;2*2-1(3)4/h6-16H,4-5H2,1-3H3;2*(H,2,3,4). The largest absolute Gasteiger partial charge is 0.328 e. The van der Waals surface area contributed by atoms with Crippen molar-refractivity contribution in [3.05, 3.63) is 81.0 Å². The van der Waals surface area contributed by atoms with Gasteiger partial charge >= 0.3 is 0 Å². The van der Waals surface area contributed by atoms with Crippen molar-refractivity contribution in [1.29, 1.82) is 0 Å². The topological polar surface area (TPSA) is 152 Å². The first-order valence-electron chi connectivity index (χ1n) is 10.1. The van der Waals surface area contributed by atoms with E-state index in [9.17, 15) is 0 Å². The predicted molar refractivity (Wildman–Crippen MR) is 121 cm³/mol. The SMILES string of the molecule is CCN(CC)C(C)n1c2ccccc2n2cc(-c3ccccc3)nc12.O=[N+]([O-])O.O=[N+]([O-])O. The molecule has 12 heteroatoms. The molecule has 0 saturated heterocycles. The molecule has 2 N–H and O–H groups in total. The Labute approximate surface area is 189 Å². The lowest BCUT2D eigenvalue weighted by atomic mass is 10.2. The molecular formula is C21H26N6O6. The van der Waals surface area contributed by atoms with Crippen molar-refractivity contribution in [3.8, 4) is 11.3 Å². The van der Waals surface area contributed by atoms with Crippen LogP contribution in [0.3, 0.4) is 0 Å². The normalized spacial score (nSPS) is 11.4. The van der Waals surface area contributed by atoms with E-state index in [2.05, 4.69) is 89.4 Å². The van der Waals surface area contributed by atoms with E-state index in [0.717, 1.165) is 30.1 Å². The first-order valence-corrected chi connectivity index (χ1v) is 10.1. The highest BCUT2D eigenvalue weighted by molar-refractivity contribution is 5.82. The molecule has 0 fully saturated rings. The third kappa shape index (κ3) is 6.17. The van der Waals surface area contributed by atoms with Crippen molar-refractivity contribution >= 4 is 16.8 Å². The van der Waals surface area contributed by atoms with Crippen LogP contribution >= 0.6 is 0 Å². The average molecular weight is 458 g/mol. The Hall–Kier alpha value is -4.19. The number of hydrogen-bond donors (Lipinski definition) is 2. The van der Waals surface area contributed by atoms with Crippen LogP contribution in [0, 0.1) is 20.2 Å². The van der Waals surface area contributed by atoms with E-state index in [1.807, 2.05) is 6.07 Å². The van der Waals surface area contributed by atoms with Gasteiger partial charge in [-0.2, -0.15) is 0 Å². The van der Waals surface area contributed by atoms with Crippen molar-refractivity contribution in [1.82, 2.24) is 18.9 Å². The molecule has 4 aromatic rings. The first-order chi connectivity index (χ1) is 15.7. The first kappa shape index (κ1) is 25.1. The number of nitrogens with zero attached hydrogens (tertiary/aromatic N) is 6. The van der Waals surface area contributed by atoms with Crippen LogP contribution in [0.2, 0.25) is 0 Å². The van der Waals surface area contributed by atoms with E-state index in [4.69, 9.17) is 35.6 Å². The summed E-state index contributed by atoms with van der Waals surface area (Å²) in [6, 6.07) is 18.9. The molecule has 33 heavy (non-hydrogen) atoms. The summed E-state index contributed by atoms with van der Waals surface area (Å²) < 4.78 is 4.58. The lowest BCUT2D eigenvalue weighted by Crippen LogP contribution is -2.30. The Morgan fingerprint density at radius 2 is 1.42 bits per heavy atom. The summed E-state index contributed by atoms with van der Waals surface area (Å²) >= 11 is 0. The summed E-state index contributed by atoms with van der Waals surface area (Å²) in [6.07, 6.45) is 2.40. The molecule has 0 aliphatic rings. The fraction of sp³-hybridized carbons (Fsp3) is 0.286. The molecular weight excluding hydrogens is 432 g/mol. The Kier molecular flexibility index (Phi) is 8.69. The molecule has 0 saturated carbocycles. The second-order valence-electron chi connectivity index (χ2n) is 6.85. The monoisotopic (exact) mass is 458 g/mol. The van der Waals surface area contributed by atoms with Crippen LogP contribution in [-0.4, -0.2) is 52.5 Å². The maximum Gasteiger partial charge on any atom is 0.291 e. The number of aromatic nitrogens is 3. The van der Waals surface area contributed by atoms with Crippen molar-refractivity contribution in [2.45, 2.75) is 26.9 Å². The van der Waals surface area contributed by atoms with Gasteiger partial charge in [-0.15, -0.1) is 20.2 Å². The lowest BCUT2D eigenvalue weighted by molar-refractivity contribution is -0.742. The highest BCUT2D eigenvalue weighted by Gasteiger charge is 2.21. The number of fused-ring (bicyclic) bond motifs is 3. The van der Waals surface area contributed by atoms with Crippen LogP contribution < -0.4 is 0 Å². The van der Waals surface area contributed by atoms with Gasteiger partial charge in [-0.05, 0) is 32.1 Å². The predicted octanol–water partition coefficient (Wildman–Crippen LogP) is 4.12. The fourth-order valence-electron chi connectivity index (χ4n) is 3.73. The molecule has 176 valence electrons. The van der Waals surface area contributed by atoms with Crippen molar-refractivity contribution in [3.63, 3.8) is 0 Å². The van der Waals surface area contributed by atoms with Gasteiger partial charge in [-0.1, -0.05) is 56.3 Å². The molecule has 2 heterocycles. The molecule has 12 nitrogen and oxygen atoms in total. The van der Waals surface area contributed by atoms with E-state index in [1.54, 1.807) is 0 Å². The number of imidazole rings is 2. The van der Waals surface area contributed by atoms with Gasteiger partial charge in [0.25, 0.3) is 10.2 Å². The van der Waals surface area contributed by atoms with Crippen LogP contribution in [0.5, 0.6) is 0 Å². The molecule has 2 aromatic carbocycles. The maximum atomic E-state index is 8.36. The zero-order chi connectivity index (χ0) is 24.5. The zero-order valence-electron chi connectivity index (χ0n) is 18.5. The molecule has 0 amide bonds. The number of rotatable bonds is 5. The molecule has 4 rings (SSSR count). The van der Waals surface area contributed by atoms with Crippen LogP contribution in [0.15, 0.2) is 60.8 Å². The Bertz CT molecular complexity index is 1180. The number of benzene rings is 2. The molecule has 0 radical (unpaired) electrons. The molecule has 2 aromatic heterocycles. The van der Waals surface area contributed by atoms with Crippen LogP contribution in [-0.2, 0) is 0 Å². The molecule has 0 spiro atoms. The van der Waals surface area contributed by atoms with Gasteiger partial charge in [0.1, 0.15) is 0 Å². The van der Waals surface area contributed by atoms with E-state index >= 15 is 0 Å². The van der Waals surface area contributed by atoms with Crippen molar-refractivity contribution < 1.29 is 20.6 Å². The molecule has 1 unspecified atom stereocenters. The number of para-hydroxylation sites is 2. The molecule has 0 aliphatic carbocycles. The van der Waals surface area contributed by atoms with Gasteiger partial charge in [0.05, 0.1) is 22.9 Å². The third-order valence-electron chi connectivity index (χ3n) is 5.09. The summed E-state index contributed by atoms with van der Waals surface area (Å²) in [5.41, 5.74) is 4.59. The minimum Gasteiger partial charge on any atom is -0.328 e.